The number of benzene rings is 2. The molecule has 2 aromatic carbocycles. The van der Waals surface area contributed by atoms with E-state index in [0.717, 1.165) is 29.5 Å². The van der Waals surface area contributed by atoms with Gasteiger partial charge in [0.15, 0.2) is 0 Å². The molecule has 2 aromatic heterocycles. The van der Waals surface area contributed by atoms with Crippen LogP contribution in [0.2, 0.25) is 10.3 Å². The molecule has 0 spiro atoms. The first-order chi connectivity index (χ1) is 20.6. The monoisotopic (exact) mass is 618 g/mol. The molecular formula is C34H36Cl2N4O3. The molecule has 6 atom stereocenters. The van der Waals surface area contributed by atoms with E-state index in [-0.39, 0.29) is 35.7 Å². The third-order valence-corrected chi connectivity index (χ3v) is 8.02. The summed E-state index contributed by atoms with van der Waals surface area (Å²) in [5, 5.41) is 12.7. The van der Waals surface area contributed by atoms with E-state index in [1.54, 1.807) is 24.5 Å². The summed E-state index contributed by atoms with van der Waals surface area (Å²) in [5.41, 5.74) is 9.95. The maximum atomic E-state index is 12.3. The van der Waals surface area contributed by atoms with Crippen molar-refractivity contribution in [3.05, 3.63) is 130 Å². The molecular weight excluding hydrogens is 583 g/mol. The van der Waals surface area contributed by atoms with Crippen LogP contribution in [0, 0.1) is 11.8 Å². The van der Waals surface area contributed by atoms with Gasteiger partial charge in [0.1, 0.15) is 10.3 Å². The largest absolute Gasteiger partial charge is 0.481 e. The molecule has 4 aromatic rings. The average Bonchev–Trinajstić information content (AvgIpc) is 3.93. The zero-order chi connectivity index (χ0) is 30.9. The molecule has 2 fully saturated rings. The van der Waals surface area contributed by atoms with E-state index >= 15 is 0 Å². The highest BCUT2D eigenvalue weighted by atomic mass is 35.5. The highest BCUT2D eigenvalue weighted by Gasteiger charge is 2.44. The number of amides is 1. The number of carboxylic acid groups (broad SMARTS) is 1. The van der Waals surface area contributed by atoms with Crippen molar-refractivity contribution in [1.29, 1.82) is 0 Å². The number of halogens is 2. The number of pyridine rings is 2. The Morgan fingerprint density at radius 3 is 1.65 bits per heavy atom. The van der Waals surface area contributed by atoms with Gasteiger partial charge in [-0.2, -0.15) is 0 Å². The van der Waals surface area contributed by atoms with E-state index in [2.05, 4.69) is 27.4 Å². The van der Waals surface area contributed by atoms with Crippen LogP contribution in [0.15, 0.2) is 97.3 Å². The number of hydrogen-bond acceptors (Lipinski definition) is 5. The number of nitrogens with two attached hydrogens (primary N) is 1. The highest BCUT2D eigenvalue weighted by Crippen LogP contribution is 2.48. The first-order valence-corrected chi connectivity index (χ1v) is 15.0. The molecule has 6 rings (SSSR count). The smallest absolute Gasteiger partial charge is 0.307 e. The molecule has 9 heteroatoms. The fraction of sp³-hybridized carbons (Fsp3) is 0.294. The predicted octanol–water partition coefficient (Wildman–Crippen LogP) is 7.35. The molecule has 2 aliphatic rings. The van der Waals surface area contributed by atoms with E-state index < -0.39 is 5.97 Å². The van der Waals surface area contributed by atoms with E-state index in [1.165, 1.54) is 5.56 Å². The normalized spacial score (nSPS) is 21.0. The maximum absolute atomic E-state index is 12.3. The van der Waals surface area contributed by atoms with Crippen molar-refractivity contribution in [3.8, 4) is 0 Å². The lowest BCUT2D eigenvalue weighted by Crippen LogP contribution is -2.28. The van der Waals surface area contributed by atoms with Gasteiger partial charge in [0, 0.05) is 24.4 Å². The van der Waals surface area contributed by atoms with Crippen LogP contribution < -0.4 is 11.1 Å². The van der Waals surface area contributed by atoms with Crippen molar-refractivity contribution in [2.45, 2.75) is 50.6 Å². The van der Waals surface area contributed by atoms with Crippen LogP contribution in [-0.4, -0.2) is 27.0 Å². The Hall–Kier alpha value is -3.78. The lowest BCUT2D eigenvalue weighted by Gasteiger charge is -2.14. The van der Waals surface area contributed by atoms with Gasteiger partial charge in [-0.05, 0) is 72.9 Å². The molecule has 0 unspecified atom stereocenters. The van der Waals surface area contributed by atoms with Crippen molar-refractivity contribution in [1.82, 2.24) is 15.3 Å². The predicted molar refractivity (Wildman–Crippen MR) is 170 cm³/mol. The van der Waals surface area contributed by atoms with Crippen LogP contribution in [-0.2, 0) is 9.59 Å². The molecule has 7 nitrogen and oxygen atoms in total. The Bertz CT molecular complexity index is 1470. The van der Waals surface area contributed by atoms with Crippen LogP contribution in [0.25, 0.3) is 0 Å². The number of rotatable bonds is 7. The Labute approximate surface area is 262 Å². The number of nitrogens with one attached hydrogen (secondary N) is 1. The van der Waals surface area contributed by atoms with Crippen LogP contribution in [0.4, 0.5) is 0 Å². The Morgan fingerprint density at radius 1 is 0.767 bits per heavy atom. The molecule has 43 heavy (non-hydrogen) atoms. The van der Waals surface area contributed by atoms with Gasteiger partial charge in [0.2, 0.25) is 5.91 Å². The van der Waals surface area contributed by atoms with Crippen LogP contribution in [0.5, 0.6) is 0 Å². The summed E-state index contributed by atoms with van der Waals surface area (Å²) in [6.07, 6.45) is 5.13. The van der Waals surface area contributed by atoms with E-state index in [4.69, 9.17) is 34.0 Å². The summed E-state index contributed by atoms with van der Waals surface area (Å²) in [7, 11) is 0. The van der Waals surface area contributed by atoms with Crippen molar-refractivity contribution in [3.63, 3.8) is 0 Å². The SMILES string of the molecule is C[C@H](N)c1ccc(Cl)nc1.C[C@H](NC(=O)[C@H]1C[C@@H]1c1ccccc1)c1ccc(Cl)nc1.O=C(O)[C@H]1C[C@@H]1c1ccccc1. The Kier molecular flexibility index (Phi) is 11.3. The second-order valence-corrected chi connectivity index (χ2v) is 11.7. The number of aromatic nitrogens is 2. The minimum Gasteiger partial charge on any atom is -0.481 e. The Balaban J connectivity index is 0.000000163. The topological polar surface area (TPSA) is 118 Å². The number of nitrogens with zero attached hydrogens (tertiary/aromatic N) is 2. The molecule has 0 aliphatic heterocycles. The van der Waals surface area contributed by atoms with E-state index in [0.29, 0.717) is 16.2 Å². The Morgan fingerprint density at radius 2 is 1.23 bits per heavy atom. The minimum atomic E-state index is -0.663. The van der Waals surface area contributed by atoms with E-state index in [1.807, 2.05) is 74.5 Å². The van der Waals surface area contributed by atoms with Crippen molar-refractivity contribution < 1.29 is 14.7 Å². The maximum Gasteiger partial charge on any atom is 0.307 e. The third-order valence-electron chi connectivity index (χ3n) is 7.58. The van der Waals surface area contributed by atoms with Crippen molar-refractivity contribution >= 4 is 35.1 Å². The second-order valence-electron chi connectivity index (χ2n) is 10.9. The van der Waals surface area contributed by atoms with Crippen LogP contribution >= 0.6 is 23.2 Å². The quantitative estimate of drug-likeness (QED) is 0.186. The first kappa shape index (κ1) is 32.1. The fourth-order valence-corrected chi connectivity index (χ4v) is 5.02. The standard InChI is InChI=1S/C17H17ClN2O.C10H10O2.C7H9ClN2/c1-11(13-7-8-16(18)19-10-13)20-17(21)15-9-14(15)12-5-3-2-4-6-12;11-10(12)9-6-8(9)7-4-2-1-3-5-7;1-5(9)6-2-3-7(8)10-4-6/h2-8,10-11,14-15H,9H2,1H3,(H,20,21);1-5,8-9H,6H2,(H,11,12);2-5H,9H2,1H3/t11-,14+,15-;8-,9+;5-/m010/s1. The van der Waals surface area contributed by atoms with Gasteiger partial charge in [-0.3, -0.25) is 9.59 Å². The number of carbonyl (C=O) groups excluding carboxylic acids is 1. The lowest BCUT2D eigenvalue weighted by molar-refractivity contribution is -0.138. The van der Waals surface area contributed by atoms with Crippen molar-refractivity contribution in [2.24, 2.45) is 17.6 Å². The molecule has 1 amide bonds. The molecule has 224 valence electrons. The van der Waals surface area contributed by atoms with Crippen LogP contribution in [0.1, 0.15) is 72.9 Å². The lowest BCUT2D eigenvalue weighted by atomic mass is 10.1. The summed E-state index contributed by atoms with van der Waals surface area (Å²) in [4.78, 5) is 30.8. The van der Waals surface area contributed by atoms with Gasteiger partial charge in [-0.1, -0.05) is 96.0 Å². The molecule has 2 saturated carbocycles. The molecule has 4 N–H and O–H groups in total. The van der Waals surface area contributed by atoms with Gasteiger partial charge in [-0.15, -0.1) is 0 Å². The molecule has 0 radical (unpaired) electrons. The van der Waals surface area contributed by atoms with Gasteiger partial charge in [-0.25, -0.2) is 9.97 Å². The zero-order valence-corrected chi connectivity index (χ0v) is 25.6. The second kappa shape index (κ2) is 15.1. The van der Waals surface area contributed by atoms with Crippen LogP contribution in [0.3, 0.4) is 0 Å². The fourth-order valence-electron chi connectivity index (χ4n) is 4.79. The van der Waals surface area contributed by atoms with E-state index in [9.17, 15) is 9.59 Å². The zero-order valence-electron chi connectivity index (χ0n) is 24.1. The van der Waals surface area contributed by atoms with Crippen molar-refractivity contribution in [2.75, 3.05) is 0 Å². The third kappa shape index (κ3) is 9.61. The molecule has 2 heterocycles. The molecule has 0 saturated heterocycles. The number of hydrogen-bond donors (Lipinski definition) is 3. The summed E-state index contributed by atoms with van der Waals surface area (Å²) in [6, 6.07) is 27.3. The summed E-state index contributed by atoms with van der Waals surface area (Å²) in [5.74, 6) is 0.0445. The minimum absolute atomic E-state index is 0.0322. The molecule has 0 bridgehead atoms. The highest BCUT2D eigenvalue weighted by molar-refractivity contribution is 6.29. The summed E-state index contributed by atoms with van der Waals surface area (Å²) < 4.78 is 0. The van der Waals surface area contributed by atoms with Gasteiger partial charge >= 0.3 is 5.97 Å². The number of carbonyl (C=O) groups is 2. The first-order valence-electron chi connectivity index (χ1n) is 14.3. The van der Waals surface area contributed by atoms with Gasteiger partial charge in [0.25, 0.3) is 0 Å². The van der Waals surface area contributed by atoms with Gasteiger partial charge < -0.3 is 16.2 Å². The van der Waals surface area contributed by atoms with Gasteiger partial charge in [0.05, 0.1) is 12.0 Å². The summed E-state index contributed by atoms with van der Waals surface area (Å²) in [6.45, 7) is 3.87. The molecule has 2 aliphatic carbocycles. The number of carboxylic acids is 1. The number of aliphatic carboxylic acids is 1. The summed E-state index contributed by atoms with van der Waals surface area (Å²) >= 11 is 11.3. The average molecular weight is 620 g/mol.